The van der Waals surface area contributed by atoms with Crippen LogP contribution in [0.15, 0.2) is 58.3 Å². The van der Waals surface area contributed by atoms with Gasteiger partial charge in [-0.2, -0.15) is 4.98 Å². The summed E-state index contributed by atoms with van der Waals surface area (Å²) in [7, 11) is 1.65. The molecule has 0 N–H and O–H groups in total. The molecule has 0 aliphatic carbocycles. The highest BCUT2D eigenvalue weighted by Crippen LogP contribution is 2.25. The SMILES string of the molecule is C/C=C/Cn1c(=O)c2c(nc3n(C(C)c4ccccc4)c(C)cn23)n(C)c1=O. The Morgan fingerprint density at radius 1 is 1.18 bits per heavy atom. The summed E-state index contributed by atoms with van der Waals surface area (Å²) in [6.45, 7) is 6.20. The Bertz CT molecular complexity index is 1320. The molecule has 1 unspecified atom stereocenters. The monoisotopic (exact) mass is 377 g/mol. The summed E-state index contributed by atoms with van der Waals surface area (Å²) in [4.78, 5) is 30.4. The molecule has 0 saturated heterocycles. The highest BCUT2D eigenvalue weighted by Gasteiger charge is 2.22. The standard InChI is InChI=1S/C21H23N5O2/c1-5-6-12-24-19(27)17-18(23(4)21(24)28)22-20-25(17)13-14(2)26(20)15(3)16-10-8-7-9-11-16/h5-11,13,15H,12H2,1-4H3/b6-5+. The molecule has 7 nitrogen and oxygen atoms in total. The maximum Gasteiger partial charge on any atom is 0.332 e. The van der Waals surface area contributed by atoms with E-state index in [0.717, 1.165) is 11.3 Å². The maximum absolute atomic E-state index is 13.1. The molecule has 1 aromatic carbocycles. The summed E-state index contributed by atoms with van der Waals surface area (Å²) in [5, 5.41) is 0. The van der Waals surface area contributed by atoms with Gasteiger partial charge in [0.25, 0.3) is 5.56 Å². The van der Waals surface area contributed by atoms with Crippen LogP contribution in [0.1, 0.15) is 31.1 Å². The van der Waals surface area contributed by atoms with Gasteiger partial charge in [0, 0.05) is 25.5 Å². The number of aryl methyl sites for hydroxylation is 2. The average molecular weight is 377 g/mol. The molecule has 0 amide bonds. The molecule has 28 heavy (non-hydrogen) atoms. The highest BCUT2D eigenvalue weighted by molar-refractivity contribution is 5.75. The molecule has 7 heteroatoms. The molecule has 0 radical (unpaired) electrons. The number of aromatic nitrogens is 5. The van der Waals surface area contributed by atoms with Crippen LogP contribution in [0.25, 0.3) is 16.9 Å². The van der Waals surface area contributed by atoms with Crippen molar-refractivity contribution < 1.29 is 0 Å². The van der Waals surface area contributed by atoms with Crippen molar-refractivity contribution in [2.45, 2.75) is 33.4 Å². The van der Waals surface area contributed by atoms with E-state index in [9.17, 15) is 9.59 Å². The van der Waals surface area contributed by atoms with Crippen LogP contribution in [0.2, 0.25) is 0 Å². The van der Waals surface area contributed by atoms with Gasteiger partial charge in [0.15, 0.2) is 11.2 Å². The van der Waals surface area contributed by atoms with Crippen LogP contribution in [0.4, 0.5) is 0 Å². The molecule has 0 spiro atoms. The van der Waals surface area contributed by atoms with Crippen molar-refractivity contribution in [1.82, 2.24) is 23.1 Å². The average Bonchev–Trinajstić information content (AvgIpc) is 3.21. The summed E-state index contributed by atoms with van der Waals surface area (Å²) in [5.74, 6) is 0.653. The van der Waals surface area contributed by atoms with Crippen LogP contribution in [-0.2, 0) is 13.6 Å². The molecule has 0 bridgehead atoms. The number of benzene rings is 1. The number of allylic oxidation sites excluding steroid dienone is 2. The van der Waals surface area contributed by atoms with E-state index in [1.807, 2.05) is 44.3 Å². The molecule has 0 aliphatic rings. The molecular weight excluding hydrogens is 354 g/mol. The van der Waals surface area contributed by atoms with Crippen LogP contribution in [0, 0.1) is 6.92 Å². The summed E-state index contributed by atoms with van der Waals surface area (Å²) in [6, 6.07) is 10.2. The van der Waals surface area contributed by atoms with E-state index in [1.165, 1.54) is 9.13 Å². The van der Waals surface area contributed by atoms with Gasteiger partial charge in [-0.3, -0.25) is 18.3 Å². The summed E-state index contributed by atoms with van der Waals surface area (Å²) in [5.41, 5.74) is 2.27. The van der Waals surface area contributed by atoms with Crippen molar-refractivity contribution in [3.05, 3.63) is 80.8 Å². The first-order chi connectivity index (χ1) is 13.5. The van der Waals surface area contributed by atoms with Crippen LogP contribution >= 0.6 is 0 Å². The molecule has 0 aliphatic heterocycles. The predicted octanol–water partition coefficient (Wildman–Crippen LogP) is 2.64. The molecular formula is C21H23N5O2. The lowest BCUT2D eigenvalue weighted by atomic mass is 10.1. The third kappa shape index (κ3) is 2.54. The number of hydrogen-bond donors (Lipinski definition) is 0. The quantitative estimate of drug-likeness (QED) is 0.514. The molecule has 144 valence electrons. The van der Waals surface area contributed by atoms with Gasteiger partial charge < -0.3 is 4.57 Å². The zero-order chi connectivity index (χ0) is 20.0. The summed E-state index contributed by atoms with van der Waals surface area (Å²) >= 11 is 0. The molecule has 3 aromatic heterocycles. The fraction of sp³-hybridized carbons (Fsp3) is 0.286. The zero-order valence-electron chi connectivity index (χ0n) is 16.5. The van der Waals surface area contributed by atoms with Gasteiger partial charge in [0.05, 0.1) is 6.04 Å². The first kappa shape index (κ1) is 18.0. The first-order valence-corrected chi connectivity index (χ1v) is 9.31. The maximum atomic E-state index is 13.1. The normalized spacial score (nSPS) is 13.1. The number of hydrogen-bond acceptors (Lipinski definition) is 3. The Morgan fingerprint density at radius 3 is 2.57 bits per heavy atom. The van der Waals surface area contributed by atoms with Gasteiger partial charge in [-0.05, 0) is 26.3 Å². The fourth-order valence-electron chi connectivity index (χ4n) is 3.76. The topological polar surface area (TPSA) is 66.2 Å². The van der Waals surface area contributed by atoms with Crippen LogP contribution in [0.5, 0.6) is 0 Å². The summed E-state index contributed by atoms with van der Waals surface area (Å²) in [6.07, 6.45) is 5.53. The van der Waals surface area contributed by atoms with Crippen molar-refractivity contribution in [2.24, 2.45) is 7.05 Å². The Kier molecular flexibility index (Phi) is 4.30. The minimum atomic E-state index is -0.365. The van der Waals surface area contributed by atoms with E-state index in [1.54, 1.807) is 17.5 Å². The number of imidazole rings is 2. The molecule has 0 fully saturated rings. The van der Waals surface area contributed by atoms with Crippen molar-refractivity contribution >= 4 is 16.9 Å². The van der Waals surface area contributed by atoms with E-state index in [4.69, 9.17) is 0 Å². The third-order valence-corrected chi connectivity index (χ3v) is 5.26. The second kappa shape index (κ2) is 6.67. The van der Waals surface area contributed by atoms with Crippen molar-refractivity contribution in [1.29, 1.82) is 0 Å². The van der Waals surface area contributed by atoms with E-state index in [2.05, 4.69) is 28.6 Å². The second-order valence-corrected chi connectivity index (χ2v) is 7.01. The zero-order valence-corrected chi connectivity index (χ0v) is 16.5. The Morgan fingerprint density at radius 2 is 1.89 bits per heavy atom. The van der Waals surface area contributed by atoms with Crippen LogP contribution < -0.4 is 11.2 Å². The lowest BCUT2D eigenvalue weighted by molar-refractivity contribution is 0.638. The van der Waals surface area contributed by atoms with E-state index >= 15 is 0 Å². The third-order valence-electron chi connectivity index (χ3n) is 5.26. The van der Waals surface area contributed by atoms with Gasteiger partial charge >= 0.3 is 5.69 Å². The Hall–Kier alpha value is -3.35. The smallest absolute Gasteiger partial charge is 0.307 e. The van der Waals surface area contributed by atoms with Gasteiger partial charge in [0.2, 0.25) is 5.78 Å². The number of rotatable bonds is 4. The Balaban J connectivity index is 2.04. The van der Waals surface area contributed by atoms with Crippen molar-refractivity contribution in [2.75, 3.05) is 0 Å². The first-order valence-electron chi connectivity index (χ1n) is 9.31. The minimum absolute atomic E-state index is 0.0396. The van der Waals surface area contributed by atoms with Crippen LogP contribution in [0.3, 0.4) is 0 Å². The molecule has 3 heterocycles. The minimum Gasteiger partial charge on any atom is -0.307 e. The van der Waals surface area contributed by atoms with Gasteiger partial charge in [-0.25, -0.2) is 4.79 Å². The summed E-state index contributed by atoms with van der Waals surface area (Å²) < 4.78 is 6.58. The number of nitrogens with zero attached hydrogens (tertiary/aromatic N) is 5. The largest absolute Gasteiger partial charge is 0.332 e. The van der Waals surface area contributed by atoms with Gasteiger partial charge in [0.1, 0.15) is 0 Å². The lowest BCUT2D eigenvalue weighted by Gasteiger charge is -2.16. The van der Waals surface area contributed by atoms with E-state index < -0.39 is 0 Å². The predicted molar refractivity (Wildman–Crippen MR) is 110 cm³/mol. The van der Waals surface area contributed by atoms with Gasteiger partial charge in [-0.1, -0.05) is 42.5 Å². The van der Waals surface area contributed by atoms with Crippen molar-refractivity contribution in [3.8, 4) is 0 Å². The van der Waals surface area contributed by atoms with Crippen molar-refractivity contribution in [3.63, 3.8) is 0 Å². The number of fused-ring (bicyclic) bond motifs is 3. The molecule has 4 rings (SSSR count). The molecule has 0 saturated carbocycles. The Labute approximate surface area is 161 Å². The van der Waals surface area contributed by atoms with E-state index in [0.29, 0.717) is 16.9 Å². The van der Waals surface area contributed by atoms with Gasteiger partial charge in [-0.15, -0.1) is 0 Å². The molecule has 4 aromatic rings. The molecule has 1 atom stereocenters. The lowest BCUT2D eigenvalue weighted by Crippen LogP contribution is -2.39. The second-order valence-electron chi connectivity index (χ2n) is 7.01. The fourth-order valence-corrected chi connectivity index (χ4v) is 3.76. The van der Waals surface area contributed by atoms with E-state index in [-0.39, 0.29) is 23.8 Å². The highest BCUT2D eigenvalue weighted by atomic mass is 16.2. The van der Waals surface area contributed by atoms with Crippen LogP contribution in [-0.4, -0.2) is 23.1 Å².